The zero-order chi connectivity index (χ0) is 18.4. The van der Waals surface area contributed by atoms with E-state index < -0.39 is 0 Å². The quantitative estimate of drug-likeness (QED) is 0.722. The average molecular weight is 426 g/mol. The standard InChI is InChI=1S/C19H23N3O2S2.ClH/c1-25-16-6-3-2-5-15(16)18(23)20-8-9-21-10-12-22(13-11-21)19(24)17-7-4-14-26-17;/h2-7,14H,8-13H2,1H3,(H,20,23);1H. The van der Waals surface area contributed by atoms with Crippen molar-refractivity contribution in [2.45, 2.75) is 4.90 Å². The Hall–Kier alpha value is -1.54. The van der Waals surface area contributed by atoms with Crippen molar-refractivity contribution in [2.24, 2.45) is 0 Å². The molecular formula is C19H24ClN3O2S2. The number of carbonyl (C=O) groups is 2. The van der Waals surface area contributed by atoms with Crippen molar-refractivity contribution >= 4 is 47.3 Å². The van der Waals surface area contributed by atoms with E-state index in [1.54, 1.807) is 11.8 Å². The molecule has 0 spiro atoms. The van der Waals surface area contributed by atoms with Crippen molar-refractivity contribution in [3.05, 3.63) is 52.2 Å². The highest BCUT2D eigenvalue weighted by Gasteiger charge is 2.22. The zero-order valence-electron chi connectivity index (χ0n) is 15.2. The molecule has 146 valence electrons. The van der Waals surface area contributed by atoms with E-state index in [2.05, 4.69) is 10.2 Å². The number of hydrogen-bond donors (Lipinski definition) is 1. The van der Waals surface area contributed by atoms with Crippen LogP contribution in [-0.2, 0) is 0 Å². The Kier molecular flexibility index (Phi) is 8.63. The molecule has 2 heterocycles. The van der Waals surface area contributed by atoms with E-state index in [4.69, 9.17) is 0 Å². The van der Waals surface area contributed by atoms with Crippen LogP contribution < -0.4 is 5.32 Å². The Balaban J connectivity index is 0.00000261. The van der Waals surface area contributed by atoms with Gasteiger partial charge in [-0.2, -0.15) is 0 Å². The normalized spacial score (nSPS) is 14.5. The minimum atomic E-state index is -0.0264. The first kappa shape index (κ1) is 21.8. The van der Waals surface area contributed by atoms with Gasteiger partial charge in [0, 0.05) is 44.2 Å². The summed E-state index contributed by atoms with van der Waals surface area (Å²) >= 11 is 3.07. The SMILES string of the molecule is CSc1ccccc1C(=O)NCCN1CCN(C(=O)c2cccs2)CC1.Cl. The van der Waals surface area contributed by atoms with Gasteiger partial charge in [-0.25, -0.2) is 0 Å². The summed E-state index contributed by atoms with van der Waals surface area (Å²) in [6.45, 7) is 4.57. The third-order valence-electron chi connectivity index (χ3n) is 4.46. The third kappa shape index (κ3) is 5.72. The van der Waals surface area contributed by atoms with Crippen LogP contribution in [0.4, 0.5) is 0 Å². The molecule has 27 heavy (non-hydrogen) atoms. The maximum atomic E-state index is 12.3. The number of nitrogens with zero attached hydrogens (tertiary/aromatic N) is 2. The van der Waals surface area contributed by atoms with Gasteiger partial charge in [-0.05, 0) is 29.8 Å². The summed E-state index contributed by atoms with van der Waals surface area (Å²) in [6, 6.07) is 11.4. The first-order chi connectivity index (χ1) is 12.7. The van der Waals surface area contributed by atoms with Crippen LogP contribution in [-0.4, -0.2) is 67.1 Å². The molecule has 1 aliphatic rings. The highest BCUT2D eigenvalue weighted by atomic mass is 35.5. The van der Waals surface area contributed by atoms with Crippen molar-refractivity contribution in [1.82, 2.24) is 15.1 Å². The molecule has 2 aromatic rings. The summed E-state index contributed by atoms with van der Waals surface area (Å²) < 4.78 is 0. The van der Waals surface area contributed by atoms with Crippen LogP contribution in [0.15, 0.2) is 46.7 Å². The molecule has 0 bridgehead atoms. The van der Waals surface area contributed by atoms with Gasteiger partial charge < -0.3 is 10.2 Å². The smallest absolute Gasteiger partial charge is 0.264 e. The third-order valence-corrected chi connectivity index (χ3v) is 6.11. The Labute approximate surface area is 174 Å². The number of thioether (sulfide) groups is 1. The summed E-state index contributed by atoms with van der Waals surface area (Å²) in [7, 11) is 0. The predicted molar refractivity (Wildman–Crippen MR) is 114 cm³/mol. The molecule has 1 saturated heterocycles. The van der Waals surface area contributed by atoms with Crippen LogP contribution in [0.3, 0.4) is 0 Å². The molecule has 5 nitrogen and oxygen atoms in total. The minimum absolute atomic E-state index is 0. The molecule has 1 fully saturated rings. The highest BCUT2D eigenvalue weighted by molar-refractivity contribution is 7.98. The van der Waals surface area contributed by atoms with Gasteiger partial charge in [-0.3, -0.25) is 14.5 Å². The second-order valence-corrected chi connectivity index (χ2v) is 7.86. The Morgan fingerprint density at radius 3 is 2.52 bits per heavy atom. The lowest BCUT2D eigenvalue weighted by Crippen LogP contribution is -2.50. The van der Waals surface area contributed by atoms with Crippen molar-refractivity contribution in [3.8, 4) is 0 Å². The van der Waals surface area contributed by atoms with Crippen molar-refractivity contribution in [2.75, 3.05) is 45.5 Å². The van der Waals surface area contributed by atoms with Crippen LogP contribution in [0.2, 0.25) is 0 Å². The fourth-order valence-electron chi connectivity index (χ4n) is 2.99. The topological polar surface area (TPSA) is 52.7 Å². The second kappa shape index (κ2) is 10.7. The summed E-state index contributed by atoms with van der Waals surface area (Å²) in [5, 5.41) is 4.94. The molecule has 0 radical (unpaired) electrons. The number of rotatable bonds is 6. The van der Waals surface area contributed by atoms with Gasteiger partial charge in [0.1, 0.15) is 0 Å². The molecular weight excluding hydrogens is 402 g/mol. The number of nitrogens with one attached hydrogen (secondary N) is 1. The Bertz CT molecular complexity index is 747. The van der Waals surface area contributed by atoms with Gasteiger partial charge >= 0.3 is 0 Å². The van der Waals surface area contributed by atoms with E-state index in [-0.39, 0.29) is 24.2 Å². The first-order valence-electron chi connectivity index (χ1n) is 8.65. The average Bonchev–Trinajstić information content (AvgIpc) is 3.22. The number of benzene rings is 1. The molecule has 8 heteroatoms. The van der Waals surface area contributed by atoms with Crippen LogP contribution in [0.1, 0.15) is 20.0 Å². The van der Waals surface area contributed by atoms with Crippen LogP contribution in [0.5, 0.6) is 0 Å². The number of halogens is 1. The fraction of sp³-hybridized carbons (Fsp3) is 0.368. The number of piperazine rings is 1. The van der Waals surface area contributed by atoms with Crippen LogP contribution >= 0.6 is 35.5 Å². The van der Waals surface area contributed by atoms with Crippen molar-refractivity contribution in [3.63, 3.8) is 0 Å². The van der Waals surface area contributed by atoms with E-state index in [9.17, 15) is 9.59 Å². The van der Waals surface area contributed by atoms with E-state index in [0.717, 1.165) is 48.1 Å². The largest absolute Gasteiger partial charge is 0.351 e. The molecule has 2 amide bonds. The van der Waals surface area contributed by atoms with Crippen LogP contribution in [0.25, 0.3) is 0 Å². The van der Waals surface area contributed by atoms with E-state index >= 15 is 0 Å². The molecule has 0 atom stereocenters. The van der Waals surface area contributed by atoms with Gasteiger partial charge in [0.25, 0.3) is 11.8 Å². The highest BCUT2D eigenvalue weighted by Crippen LogP contribution is 2.19. The van der Waals surface area contributed by atoms with Crippen LogP contribution in [0, 0.1) is 0 Å². The summed E-state index contributed by atoms with van der Waals surface area (Å²) in [5.74, 6) is 0.100. The maximum absolute atomic E-state index is 12.3. The monoisotopic (exact) mass is 425 g/mol. The van der Waals surface area contributed by atoms with Gasteiger partial charge in [-0.15, -0.1) is 35.5 Å². The predicted octanol–water partition coefficient (Wildman–Crippen LogP) is 3.08. The maximum Gasteiger partial charge on any atom is 0.264 e. The molecule has 0 unspecified atom stereocenters. The fourth-order valence-corrected chi connectivity index (χ4v) is 4.27. The minimum Gasteiger partial charge on any atom is -0.351 e. The van der Waals surface area contributed by atoms with Crippen molar-refractivity contribution in [1.29, 1.82) is 0 Å². The molecule has 1 aliphatic heterocycles. The van der Waals surface area contributed by atoms with Crippen molar-refractivity contribution < 1.29 is 9.59 Å². The second-order valence-electron chi connectivity index (χ2n) is 6.07. The summed E-state index contributed by atoms with van der Waals surface area (Å²) in [5.41, 5.74) is 0.728. The molecule has 0 aliphatic carbocycles. The van der Waals surface area contributed by atoms with Gasteiger partial charge in [0.05, 0.1) is 10.4 Å². The van der Waals surface area contributed by atoms with E-state index in [1.165, 1.54) is 11.3 Å². The number of carbonyl (C=O) groups excluding carboxylic acids is 2. The molecule has 0 saturated carbocycles. The molecule has 1 N–H and O–H groups in total. The van der Waals surface area contributed by atoms with Gasteiger partial charge in [0.2, 0.25) is 0 Å². The van der Waals surface area contributed by atoms with Gasteiger partial charge in [-0.1, -0.05) is 18.2 Å². The number of thiophene rings is 1. The molecule has 1 aromatic heterocycles. The summed E-state index contributed by atoms with van der Waals surface area (Å²) in [4.78, 5) is 30.7. The lowest BCUT2D eigenvalue weighted by Gasteiger charge is -2.34. The first-order valence-corrected chi connectivity index (χ1v) is 10.8. The number of hydrogen-bond acceptors (Lipinski definition) is 5. The molecule has 1 aromatic carbocycles. The van der Waals surface area contributed by atoms with E-state index in [1.807, 2.05) is 52.9 Å². The Morgan fingerprint density at radius 1 is 1.11 bits per heavy atom. The lowest BCUT2D eigenvalue weighted by molar-refractivity contribution is 0.0642. The van der Waals surface area contributed by atoms with Gasteiger partial charge in [0.15, 0.2) is 0 Å². The van der Waals surface area contributed by atoms with E-state index in [0.29, 0.717) is 6.54 Å². The zero-order valence-corrected chi connectivity index (χ0v) is 17.7. The number of amides is 2. The summed E-state index contributed by atoms with van der Waals surface area (Å²) in [6.07, 6.45) is 1.98. The molecule has 3 rings (SSSR count). The lowest BCUT2D eigenvalue weighted by atomic mass is 10.2. The Morgan fingerprint density at radius 2 is 1.85 bits per heavy atom.